The minimum atomic E-state index is -1.90. The van der Waals surface area contributed by atoms with Gasteiger partial charge < -0.3 is 25.2 Å². The molecule has 1 heterocycles. The number of aliphatic hydroxyl groups excluding tert-OH is 3. The molecule has 0 unspecified atom stereocenters. The zero-order valence-electron chi connectivity index (χ0n) is 6.32. The monoisotopic (exact) mass is 192 g/mol. The third-order valence-corrected chi connectivity index (χ3v) is 1.71. The Hall–Kier alpha value is -1.18. The summed E-state index contributed by atoms with van der Waals surface area (Å²) < 4.78 is 4.14. The van der Waals surface area contributed by atoms with Crippen LogP contribution in [0.3, 0.4) is 0 Å². The van der Waals surface area contributed by atoms with Gasteiger partial charge >= 0.3 is 11.9 Å². The number of ether oxygens (including phenoxy) is 1. The Balaban J connectivity index is 2.82. The molecule has 7 nitrogen and oxygen atoms in total. The number of hydrogen-bond acceptors (Lipinski definition) is 6. The lowest BCUT2D eigenvalue weighted by Gasteiger charge is -2.31. The van der Waals surface area contributed by atoms with Gasteiger partial charge in [0, 0.05) is 0 Å². The zero-order chi connectivity index (χ0) is 10.2. The van der Waals surface area contributed by atoms with E-state index in [0.29, 0.717) is 0 Å². The van der Waals surface area contributed by atoms with E-state index in [-0.39, 0.29) is 0 Å². The van der Waals surface area contributed by atoms with Crippen molar-refractivity contribution < 1.29 is 34.8 Å². The molecule has 0 aromatic rings. The lowest BCUT2D eigenvalue weighted by molar-refractivity contribution is -0.209. The fourth-order valence-corrected chi connectivity index (χ4v) is 0.966. The largest absolute Gasteiger partial charge is 0.478 e. The number of carbonyl (C=O) groups excluding carboxylic acids is 1. The Labute approximate surface area is 72.2 Å². The summed E-state index contributed by atoms with van der Waals surface area (Å²) in [4.78, 5) is 21.0. The summed E-state index contributed by atoms with van der Waals surface area (Å²) >= 11 is 0. The van der Waals surface area contributed by atoms with Crippen molar-refractivity contribution in [1.82, 2.24) is 0 Å². The Morgan fingerprint density at radius 1 is 1.23 bits per heavy atom. The van der Waals surface area contributed by atoms with Gasteiger partial charge in [-0.05, 0) is 0 Å². The molecule has 13 heavy (non-hydrogen) atoms. The number of hydrogen-bond donors (Lipinski definition) is 4. The van der Waals surface area contributed by atoms with Gasteiger partial charge in [-0.15, -0.1) is 0 Å². The quantitative estimate of drug-likeness (QED) is 0.328. The molecule has 0 radical (unpaired) electrons. The van der Waals surface area contributed by atoms with Gasteiger partial charge in [0.25, 0.3) is 0 Å². The molecular formula is C6H8O7. The molecule has 74 valence electrons. The van der Waals surface area contributed by atoms with E-state index < -0.39 is 36.4 Å². The molecule has 1 fully saturated rings. The summed E-state index contributed by atoms with van der Waals surface area (Å²) in [6, 6.07) is 0. The van der Waals surface area contributed by atoms with Gasteiger partial charge in [-0.2, -0.15) is 0 Å². The summed E-state index contributed by atoms with van der Waals surface area (Å²) in [6.45, 7) is 0. The third-order valence-electron chi connectivity index (χ3n) is 1.71. The molecule has 0 spiro atoms. The molecule has 4 atom stereocenters. The predicted octanol–water partition coefficient (Wildman–Crippen LogP) is -2.92. The maximum atomic E-state index is 10.7. The zero-order valence-corrected chi connectivity index (χ0v) is 6.32. The van der Waals surface area contributed by atoms with Gasteiger partial charge in [0.15, 0.2) is 6.10 Å². The first-order valence-corrected chi connectivity index (χ1v) is 3.42. The van der Waals surface area contributed by atoms with Crippen LogP contribution in [0.4, 0.5) is 0 Å². The minimum absolute atomic E-state index is 1.26. The van der Waals surface area contributed by atoms with Gasteiger partial charge in [0.1, 0.15) is 12.2 Å². The van der Waals surface area contributed by atoms with Gasteiger partial charge in [-0.3, -0.25) is 0 Å². The van der Waals surface area contributed by atoms with Crippen LogP contribution in [0.2, 0.25) is 0 Å². The molecule has 0 amide bonds. The van der Waals surface area contributed by atoms with Gasteiger partial charge in [-0.25, -0.2) is 9.59 Å². The number of aliphatic hydroxyl groups is 3. The Morgan fingerprint density at radius 3 is 2.23 bits per heavy atom. The first-order chi connectivity index (χ1) is 5.95. The van der Waals surface area contributed by atoms with E-state index in [9.17, 15) is 9.59 Å². The SMILES string of the molecule is O=C1O[C@H](C(=O)O)[C@@H](O)[C@H](O)[C@@H]1O. The molecule has 1 aliphatic heterocycles. The number of carbonyl (C=O) groups is 2. The van der Waals surface area contributed by atoms with Crippen molar-refractivity contribution in [1.29, 1.82) is 0 Å². The van der Waals surface area contributed by atoms with Crippen LogP contribution in [0.15, 0.2) is 0 Å². The lowest BCUT2D eigenvalue weighted by Crippen LogP contribution is -2.57. The minimum Gasteiger partial charge on any atom is -0.478 e. The maximum absolute atomic E-state index is 10.7. The van der Waals surface area contributed by atoms with Crippen molar-refractivity contribution in [3.8, 4) is 0 Å². The van der Waals surface area contributed by atoms with Crippen LogP contribution < -0.4 is 0 Å². The molecule has 1 aliphatic rings. The summed E-state index contributed by atoms with van der Waals surface area (Å²) in [5.74, 6) is -2.84. The van der Waals surface area contributed by atoms with E-state index >= 15 is 0 Å². The van der Waals surface area contributed by atoms with E-state index in [1.54, 1.807) is 0 Å². The molecule has 4 N–H and O–H groups in total. The van der Waals surface area contributed by atoms with Gasteiger partial charge in [-0.1, -0.05) is 0 Å². The highest BCUT2D eigenvalue weighted by molar-refractivity contribution is 5.83. The van der Waals surface area contributed by atoms with E-state index in [2.05, 4.69) is 4.74 Å². The molecule has 0 bridgehead atoms. The second-order valence-corrected chi connectivity index (χ2v) is 2.62. The maximum Gasteiger partial charge on any atom is 0.347 e. The summed E-state index contributed by atoms with van der Waals surface area (Å²) in [5, 5.41) is 35.2. The molecule has 0 aromatic heterocycles. The van der Waals surface area contributed by atoms with Crippen molar-refractivity contribution >= 4 is 11.9 Å². The Bertz CT molecular complexity index is 237. The smallest absolute Gasteiger partial charge is 0.347 e. The molecular weight excluding hydrogens is 184 g/mol. The molecule has 1 saturated heterocycles. The third kappa shape index (κ3) is 1.62. The number of rotatable bonds is 1. The van der Waals surface area contributed by atoms with E-state index in [4.69, 9.17) is 20.4 Å². The highest BCUT2D eigenvalue weighted by Gasteiger charge is 2.46. The first-order valence-electron chi connectivity index (χ1n) is 3.42. The van der Waals surface area contributed by atoms with Crippen LogP contribution >= 0.6 is 0 Å². The van der Waals surface area contributed by atoms with Crippen LogP contribution in [0.25, 0.3) is 0 Å². The van der Waals surface area contributed by atoms with Crippen LogP contribution in [-0.2, 0) is 14.3 Å². The van der Waals surface area contributed by atoms with Crippen molar-refractivity contribution in [2.24, 2.45) is 0 Å². The normalized spacial score (nSPS) is 39.8. The number of carboxylic acids is 1. The topological polar surface area (TPSA) is 124 Å². The Kier molecular flexibility index (Phi) is 2.50. The molecule has 1 rings (SSSR count). The average Bonchev–Trinajstić information content (AvgIpc) is 2.07. The summed E-state index contributed by atoms with van der Waals surface area (Å²) in [5.41, 5.74) is 0. The Morgan fingerprint density at radius 2 is 1.77 bits per heavy atom. The molecule has 7 heteroatoms. The van der Waals surface area contributed by atoms with Crippen LogP contribution in [0, 0.1) is 0 Å². The van der Waals surface area contributed by atoms with Crippen molar-refractivity contribution in [2.75, 3.05) is 0 Å². The van der Waals surface area contributed by atoms with E-state index in [0.717, 1.165) is 0 Å². The fraction of sp³-hybridized carbons (Fsp3) is 0.667. The van der Waals surface area contributed by atoms with E-state index in [1.165, 1.54) is 0 Å². The molecule has 0 saturated carbocycles. The standard InChI is InChI=1S/C6H8O7/c7-1-2(8)4(5(10)11)13-6(12)3(1)9/h1-4,7-9H,(H,10,11)/t1-,2-,3-,4-/m0/s1. The van der Waals surface area contributed by atoms with Crippen LogP contribution in [0.5, 0.6) is 0 Å². The van der Waals surface area contributed by atoms with Crippen molar-refractivity contribution in [3.63, 3.8) is 0 Å². The van der Waals surface area contributed by atoms with Gasteiger partial charge in [0.05, 0.1) is 0 Å². The summed E-state index contributed by atoms with van der Waals surface area (Å²) in [6.07, 6.45) is -7.37. The van der Waals surface area contributed by atoms with Crippen molar-refractivity contribution in [3.05, 3.63) is 0 Å². The number of aliphatic carboxylic acids is 1. The van der Waals surface area contributed by atoms with Crippen LogP contribution in [-0.4, -0.2) is 56.8 Å². The first kappa shape index (κ1) is 9.90. The molecule has 0 aromatic carbocycles. The highest BCUT2D eigenvalue weighted by Crippen LogP contribution is 2.16. The average molecular weight is 192 g/mol. The number of esters is 1. The predicted molar refractivity (Wildman–Crippen MR) is 35.5 cm³/mol. The van der Waals surface area contributed by atoms with Gasteiger partial charge in [0.2, 0.25) is 6.10 Å². The summed E-state index contributed by atoms with van der Waals surface area (Å²) in [7, 11) is 0. The number of carboxylic acid groups (broad SMARTS) is 1. The fourth-order valence-electron chi connectivity index (χ4n) is 0.966. The van der Waals surface area contributed by atoms with E-state index in [1.807, 2.05) is 0 Å². The van der Waals surface area contributed by atoms with Crippen LogP contribution in [0.1, 0.15) is 0 Å². The lowest BCUT2D eigenvalue weighted by atomic mass is 10.00. The second kappa shape index (κ2) is 3.29. The second-order valence-electron chi connectivity index (χ2n) is 2.62. The highest BCUT2D eigenvalue weighted by atomic mass is 16.6. The number of cyclic esters (lactones) is 1. The van der Waals surface area contributed by atoms with Crippen molar-refractivity contribution in [2.45, 2.75) is 24.4 Å². The molecule has 0 aliphatic carbocycles.